The molecule has 2 aliphatic rings. The Morgan fingerprint density at radius 2 is 1.56 bits per heavy atom. The molecule has 4 rings (SSSR count). The maximum atomic E-state index is 13.1. The molecule has 2 aromatic rings. The largest absolute Gasteiger partial charge is 0.495 e. The fraction of sp³-hybridized carbons (Fsp3) is 0.440. The number of amides is 2. The normalized spacial score (nSPS) is 20.4. The summed E-state index contributed by atoms with van der Waals surface area (Å²) < 4.78 is 34.2. The van der Waals surface area contributed by atoms with E-state index in [4.69, 9.17) is 4.74 Å². The number of fused-ring (bicyclic) bond motifs is 1. The molecule has 0 radical (unpaired) electrons. The molecule has 1 heterocycles. The molecule has 1 aliphatic carbocycles. The Balaban J connectivity index is 1.52. The van der Waals surface area contributed by atoms with Crippen molar-refractivity contribution in [1.82, 2.24) is 9.62 Å². The van der Waals surface area contributed by atoms with Crippen molar-refractivity contribution in [1.29, 1.82) is 0 Å². The summed E-state index contributed by atoms with van der Waals surface area (Å²) in [5, 5.41) is 0. The van der Waals surface area contributed by atoms with Crippen LogP contribution < -0.4 is 14.4 Å². The first kappa shape index (κ1) is 24.2. The van der Waals surface area contributed by atoms with Gasteiger partial charge in [0.05, 0.1) is 25.5 Å². The van der Waals surface area contributed by atoms with Crippen molar-refractivity contribution in [3.05, 3.63) is 53.6 Å². The average molecular weight is 486 g/mol. The standard InChI is InChI=1S/C25H31N3O5S/c1-27(2)19-11-8-17(9-12-19)15-26-34(31,32)23-14-18(10-13-22(23)33-3)16-28-24(29)20-6-4-5-7-21(20)25(28)30/h8-14,20-21,26H,4-7,15-16H2,1-3H3. The molecule has 1 aliphatic heterocycles. The van der Waals surface area contributed by atoms with Crippen LogP contribution in [0.4, 0.5) is 5.69 Å². The van der Waals surface area contributed by atoms with Crippen LogP contribution in [0.1, 0.15) is 36.8 Å². The van der Waals surface area contributed by atoms with Crippen LogP contribution in [0.25, 0.3) is 0 Å². The van der Waals surface area contributed by atoms with Gasteiger partial charge in [0.15, 0.2) is 0 Å². The fourth-order valence-corrected chi connectivity index (χ4v) is 6.00. The zero-order valence-corrected chi connectivity index (χ0v) is 20.6. The van der Waals surface area contributed by atoms with Gasteiger partial charge in [-0.05, 0) is 48.2 Å². The van der Waals surface area contributed by atoms with Crippen LogP contribution in [-0.4, -0.2) is 46.3 Å². The Morgan fingerprint density at radius 1 is 0.971 bits per heavy atom. The van der Waals surface area contributed by atoms with Gasteiger partial charge >= 0.3 is 0 Å². The highest BCUT2D eigenvalue weighted by Gasteiger charge is 2.47. The molecule has 2 unspecified atom stereocenters. The number of benzene rings is 2. The molecular formula is C25H31N3O5S. The van der Waals surface area contributed by atoms with Gasteiger partial charge in [-0.25, -0.2) is 13.1 Å². The number of imide groups is 1. The zero-order valence-electron chi connectivity index (χ0n) is 19.8. The Labute approximate surface area is 200 Å². The molecule has 2 amide bonds. The summed E-state index contributed by atoms with van der Waals surface area (Å²) >= 11 is 0. The van der Waals surface area contributed by atoms with Crippen molar-refractivity contribution in [2.45, 2.75) is 43.7 Å². The van der Waals surface area contributed by atoms with Crippen molar-refractivity contribution in [3.8, 4) is 5.75 Å². The van der Waals surface area contributed by atoms with Gasteiger partial charge in [0.25, 0.3) is 0 Å². The van der Waals surface area contributed by atoms with Crippen LogP contribution >= 0.6 is 0 Å². The highest BCUT2D eigenvalue weighted by atomic mass is 32.2. The Morgan fingerprint density at radius 3 is 2.12 bits per heavy atom. The lowest BCUT2D eigenvalue weighted by atomic mass is 9.81. The highest BCUT2D eigenvalue weighted by molar-refractivity contribution is 7.89. The number of methoxy groups -OCH3 is 1. The maximum absolute atomic E-state index is 13.1. The van der Waals surface area contributed by atoms with Gasteiger partial charge in [-0.1, -0.05) is 31.0 Å². The first-order valence-corrected chi connectivity index (χ1v) is 13.0. The lowest BCUT2D eigenvalue weighted by molar-refractivity contribution is -0.140. The number of anilines is 1. The Bertz CT molecular complexity index is 1150. The van der Waals surface area contributed by atoms with Crippen LogP contribution in [0.5, 0.6) is 5.75 Å². The molecule has 8 nitrogen and oxygen atoms in total. The van der Waals surface area contributed by atoms with Crippen LogP contribution in [0.15, 0.2) is 47.4 Å². The van der Waals surface area contributed by atoms with E-state index >= 15 is 0 Å². The molecule has 0 aromatic heterocycles. The Hall–Kier alpha value is -2.91. The molecule has 2 aromatic carbocycles. The monoisotopic (exact) mass is 485 g/mol. The van der Waals surface area contributed by atoms with Crippen LogP contribution in [0.2, 0.25) is 0 Å². The van der Waals surface area contributed by atoms with E-state index in [2.05, 4.69) is 4.72 Å². The first-order chi connectivity index (χ1) is 16.2. The zero-order chi connectivity index (χ0) is 24.5. The van der Waals surface area contributed by atoms with E-state index in [1.165, 1.54) is 18.1 Å². The molecule has 1 saturated carbocycles. The second-order valence-electron chi connectivity index (χ2n) is 9.13. The number of rotatable bonds is 8. The molecular weight excluding hydrogens is 454 g/mol. The molecule has 0 bridgehead atoms. The lowest BCUT2D eigenvalue weighted by Gasteiger charge is -2.19. The van der Waals surface area contributed by atoms with Crippen LogP contribution in [-0.2, 0) is 32.7 Å². The summed E-state index contributed by atoms with van der Waals surface area (Å²) in [6.45, 7) is 0.180. The van der Waals surface area contributed by atoms with Crippen molar-refractivity contribution in [2.24, 2.45) is 11.8 Å². The third kappa shape index (κ3) is 4.81. The van der Waals surface area contributed by atoms with Crippen molar-refractivity contribution in [3.63, 3.8) is 0 Å². The second kappa shape index (κ2) is 9.76. The Kier molecular flexibility index (Phi) is 6.95. The third-order valence-electron chi connectivity index (χ3n) is 6.71. The number of ether oxygens (including phenoxy) is 1. The predicted octanol–water partition coefficient (Wildman–Crippen LogP) is 2.91. The maximum Gasteiger partial charge on any atom is 0.244 e. The summed E-state index contributed by atoms with van der Waals surface area (Å²) in [5.74, 6) is -0.554. The van der Waals surface area contributed by atoms with Crippen molar-refractivity contribution < 1.29 is 22.7 Å². The molecule has 0 spiro atoms. The second-order valence-corrected chi connectivity index (χ2v) is 10.9. The summed E-state index contributed by atoms with van der Waals surface area (Å²) in [4.78, 5) is 28.9. The number of nitrogens with zero attached hydrogens (tertiary/aromatic N) is 2. The molecule has 182 valence electrons. The molecule has 2 fully saturated rings. The summed E-state index contributed by atoms with van der Waals surface area (Å²) in [6.07, 6.45) is 3.41. The molecule has 2 atom stereocenters. The number of sulfonamides is 1. The molecule has 34 heavy (non-hydrogen) atoms. The fourth-order valence-electron chi connectivity index (χ4n) is 4.77. The molecule has 9 heteroatoms. The SMILES string of the molecule is COc1ccc(CN2C(=O)C3CCCCC3C2=O)cc1S(=O)(=O)NCc1ccc(N(C)C)cc1. The number of likely N-dealkylation sites (tertiary alicyclic amines) is 1. The number of hydrogen-bond acceptors (Lipinski definition) is 6. The minimum absolute atomic E-state index is 0.0195. The minimum atomic E-state index is -3.91. The number of hydrogen-bond donors (Lipinski definition) is 1. The van der Waals surface area contributed by atoms with Gasteiger partial charge in [-0.15, -0.1) is 0 Å². The third-order valence-corrected chi connectivity index (χ3v) is 8.13. The van der Waals surface area contributed by atoms with Crippen molar-refractivity contribution >= 4 is 27.5 Å². The van der Waals surface area contributed by atoms with E-state index in [9.17, 15) is 18.0 Å². The quantitative estimate of drug-likeness (QED) is 0.578. The van der Waals surface area contributed by atoms with Crippen LogP contribution in [0.3, 0.4) is 0 Å². The molecule has 1 saturated heterocycles. The van der Waals surface area contributed by atoms with E-state index in [0.717, 1.165) is 36.9 Å². The summed E-state index contributed by atoms with van der Waals surface area (Å²) in [6, 6.07) is 12.3. The number of carbonyl (C=O) groups is 2. The average Bonchev–Trinajstić information content (AvgIpc) is 3.08. The topological polar surface area (TPSA) is 96.0 Å². The summed E-state index contributed by atoms with van der Waals surface area (Å²) in [5.41, 5.74) is 2.41. The van der Waals surface area contributed by atoms with E-state index in [0.29, 0.717) is 5.56 Å². The van der Waals surface area contributed by atoms with E-state index in [1.54, 1.807) is 12.1 Å². The number of carbonyl (C=O) groups excluding carboxylic acids is 2. The minimum Gasteiger partial charge on any atom is -0.495 e. The predicted molar refractivity (Wildman–Crippen MR) is 129 cm³/mol. The van der Waals surface area contributed by atoms with Gasteiger partial charge in [-0.3, -0.25) is 14.5 Å². The summed E-state index contributed by atoms with van der Waals surface area (Å²) in [7, 11) is 1.38. The first-order valence-electron chi connectivity index (χ1n) is 11.5. The van der Waals surface area contributed by atoms with Gasteiger partial charge in [0.2, 0.25) is 21.8 Å². The smallest absolute Gasteiger partial charge is 0.244 e. The number of nitrogens with one attached hydrogen (secondary N) is 1. The van der Waals surface area contributed by atoms with Gasteiger partial charge in [0.1, 0.15) is 10.6 Å². The molecule has 1 N–H and O–H groups in total. The lowest BCUT2D eigenvalue weighted by Crippen LogP contribution is -2.30. The van der Waals surface area contributed by atoms with Crippen molar-refractivity contribution in [2.75, 3.05) is 26.1 Å². The van der Waals surface area contributed by atoms with Gasteiger partial charge < -0.3 is 9.64 Å². The van der Waals surface area contributed by atoms with Gasteiger partial charge in [-0.2, -0.15) is 0 Å². The van der Waals surface area contributed by atoms with Crippen LogP contribution in [0, 0.1) is 11.8 Å². The van der Waals surface area contributed by atoms with E-state index in [1.807, 2.05) is 43.3 Å². The van der Waals surface area contributed by atoms with E-state index < -0.39 is 10.0 Å². The van der Waals surface area contributed by atoms with Gasteiger partial charge in [0, 0.05) is 26.3 Å². The highest BCUT2D eigenvalue weighted by Crippen LogP contribution is 2.39. The van der Waals surface area contributed by atoms with E-state index in [-0.39, 0.29) is 47.4 Å².